The van der Waals surface area contributed by atoms with Gasteiger partial charge in [0.15, 0.2) is 5.75 Å². The normalized spacial score (nSPS) is 10.4. The summed E-state index contributed by atoms with van der Waals surface area (Å²) in [7, 11) is 0. The molecule has 104 valence electrons. The van der Waals surface area contributed by atoms with Gasteiger partial charge in [0.25, 0.3) is 5.91 Å². The molecule has 0 spiro atoms. The first-order chi connectivity index (χ1) is 9.40. The molecule has 0 aliphatic carbocycles. The van der Waals surface area contributed by atoms with E-state index >= 15 is 0 Å². The van der Waals surface area contributed by atoms with Crippen molar-refractivity contribution in [2.24, 2.45) is 0 Å². The van der Waals surface area contributed by atoms with Crippen molar-refractivity contribution in [2.45, 2.75) is 0 Å². The fourth-order valence-electron chi connectivity index (χ4n) is 1.56. The summed E-state index contributed by atoms with van der Waals surface area (Å²) in [4.78, 5) is 12.2. The van der Waals surface area contributed by atoms with Gasteiger partial charge < -0.3 is 10.4 Å². The molecule has 7 heteroatoms. The zero-order valence-electron chi connectivity index (χ0n) is 9.75. The molecule has 0 atom stereocenters. The zero-order valence-corrected chi connectivity index (χ0v) is 12.8. The first-order valence-electron chi connectivity index (χ1n) is 5.33. The van der Waals surface area contributed by atoms with Crippen LogP contribution in [0.3, 0.4) is 0 Å². The summed E-state index contributed by atoms with van der Waals surface area (Å²) < 4.78 is 0. The summed E-state index contributed by atoms with van der Waals surface area (Å²) in [6.45, 7) is 0. The van der Waals surface area contributed by atoms with E-state index in [1.165, 1.54) is 24.3 Å². The van der Waals surface area contributed by atoms with Gasteiger partial charge in [-0.1, -0.05) is 52.5 Å². The van der Waals surface area contributed by atoms with E-state index in [4.69, 9.17) is 46.4 Å². The third kappa shape index (κ3) is 3.13. The summed E-state index contributed by atoms with van der Waals surface area (Å²) >= 11 is 23.5. The van der Waals surface area contributed by atoms with Crippen LogP contribution in [0.1, 0.15) is 10.4 Å². The molecule has 0 unspecified atom stereocenters. The van der Waals surface area contributed by atoms with Crippen molar-refractivity contribution < 1.29 is 9.90 Å². The molecule has 0 radical (unpaired) electrons. The van der Waals surface area contributed by atoms with Gasteiger partial charge in [0, 0.05) is 5.02 Å². The van der Waals surface area contributed by atoms with Crippen LogP contribution in [0.25, 0.3) is 0 Å². The van der Waals surface area contributed by atoms with E-state index in [0.717, 1.165) is 0 Å². The van der Waals surface area contributed by atoms with Crippen molar-refractivity contribution in [1.29, 1.82) is 0 Å². The van der Waals surface area contributed by atoms with Crippen molar-refractivity contribution in [3.05, 3.63) is 56.0 Å². The lowest BCUT2D eigenvalue weighted by atomic mass is 10.2. The number of amides is 1. The summed E-state index contributed by atoms with van der Waals surface area (Å²) in [5.74, 6) is -0.859. The third-order valence-electron chi connectivity index (χ3n) is 2.47. The molecule has 20 heavy (non-hydrogen) atoms. The Hall–Kier alpha value is -1.13. The molecule has 0 bridgehead atoms. The molecule has 2 aromatic carbocycles. The Kier molecular flexibility index (Phi) is 4.66. The maximum absolute atomic E-state index is 12.2. The molecule has 0 saturated heterocycles. The Bertz CT molecular complexity index is 668. The Balaban J connectivity index is 2.38. The van der Waals surface area contributed by atoms with Crippen LogP contribution in [0.2, 0.25) is 20.1 Å². The van der Waals surface area contributed by atoms with Gasteiger partial charge in [-0.2, -0.15) is 0 Å². The number of aromatic hydroxyl groups is 1. The summed E-state index contributed by atoms with van der Waals surface area (Å²) in [5.41, 5.74) is 0.176. The number of anilines is 1. The molecule has 0 aliphatic rings. The fourth-order valence-corrected chi connectivity index (χ4v) is 2.62. The SMILES string of the molecule is O=C(Nc1cc(Cl)cc(Cl)c1O)c1c(Cl)cccc1Cl. The molecule has 3 nitrogen and oxygen atoms in total. The maximum atomic E-state index is 12.2. The van der Waals surface area contributed by atoms with Gasteiger partial charge >= 0.3 is 0 Å². The van der Waals surface area contributed by atoms with E-state index in [2.05, 4.69) is 5.32 Å². The predicted octanol–water partition coefficient (Wildman–Crippen LogP) is 5.26. The number of rotatable bonds is 2. The van der Waals surface area contributed by atoms with Gasteiger partial charge in [-0.15, -0.1) is 0 Å². The lowest BCUT2D eigenvalue weighted by molar-refractivity contribution is 0.102. The average Bonchev–Trinajstić information content (AvgIpc) is 2.35. The molecule has 0 aromatic heterocycles. The van der Waals surface area contributed by atoms with Gasteiger partial charge in [0.1, 0.15) is 0 Å². The Morgan fingerprint density at radius 2 is 1.60 bits per heavy atom. The van der Waals surface area contributed by atoms with Gasteiger partial charge in [-0.3, -0.25) is 4.79 Å². The highest BCUT2D eigenvalue weighted by atomic mass is 35.5. The summed E-state index contributed by atoms with van der Waals surface area (Å²) in [5, 5.41) is 12.9. The third-order valence-corrected chi connectivity index (χ3v) is 3.60. The highest BCUT2D eigenvalue weighted by Gasteiger charge is 2.17. The van der Waals surface area contributed by atoms with Crippen LogP contribution in [0.5, 0.6) is 5.75 Å². The van der Waals surface area contributed by atoms with Crippen LogP contribution in [0, 0.1) is 0 Å². The molecule has 1 amide bonds. The lowest BCUT2D eigenvalue weighted by Gasteiger charge is -2.11. The zero-order chi connectivity index (χ0) is 14.9. The number of halogens is 4. The highest BCUT2D eigenvalue weighted by molar-refractivity contribution is 6.40. The molecular formula is C13H7Cl4NO2. The largest absolute Gasteiger partial charge is 0.504 e. The summed E-state index contributed by atoms with van der Waals surface area (Å²) in [6.07, 6.45) is 0. The number of carbonyl (C=O) groups is 1. The number of hydrogen-bond acceptors (Lipinski definition) is 2. The summed E-state index contributed by atoms with van der Waals surface area (Å²) in [6, 6.07) is 7.41. The molecule has 2 aromatic rings. The number of phenols is 1. The van der Waals surface area contributed by atoms with Crippen LogP contribution in [-0.2, 0) is 0 Å². The van der Waals surface area contributed by atoms with Gasteiger partial charge in [-0.25, -0.2) is 0 Å². The molecule has 0 aliphatic heterocycles. The maximum Gasteiger partial charge on any atom is 0.258 e. The number of hydrogen-bond donors (Lipinski definition) is 2. The minimum atomic E-state index is -0.575. The molecule has 2 rings (SSSR count). The van der Waals surface area contributed by atoms with E-state index in [1.54, 1.807) is 6.07 Å². The minimum Gasteiger partial charge on any atom is -0.504 e. The van der Waals surface area contributed by atoms with Crippen molar-refractivity contribution in [2.75, 3.05) is 5.32 Å². The first kappa shape index (κ1) is 15.3. The fraction of sp³-hybridized carbons (Fsp3) is 0. The predicted molar refractivity (Wildman–Crippen MR) is 82.5 cm³/mol. The van der Waals surface area contributed by atoms with Crippen LogP contribution in [-0.4, -0.2) is 11.0 Å². The van der Waals surface area contributed by atoms with E-state index in [1.807, 2.05) is 0 Å². The first-order valence-corrected chi connectivity index (χ1v) is 6.84. The van der Waals surface area contributed by atoms with Gasteiger partial charge in [0.2, 0.25) is 0 Å². The van der Waals surface area contributed by atoms with Crippen molar-refractivity contribution in [3.8, 4) is 5.75 Å². The number of nitrogens with one attached hydrogen (secondary N) is 1. The molecule has 2 N–H and O–H groups in total. The topological polar surface area (TPSA) is 49.3 Å². The standard InChI is InChI=1S/C13H7Cl4NO2/c14-6-4-9(17)12(19)10(5-6)18-13(20)11-7(15)2-1-3-8(11)16/h1-5,19H,(H,18,20). The number of phenolic OH excluding ortho intramolecular Hbond substituents is 1. The molecular weight excluding hydrogens is 344 g/mol. The monoisotopic (exact) mass is 349 g/mol. The number of carbonyl (C=O) groups excluding carboxylic acids is 1. The van der Waals surface area contributed by atoms with Crippen LogP contribution in [0.4, 0.5) is 5.69 Å². The van der Waals surface area contributed by atoms with Crippen LogP contribution in [0.15, 0.2) is 30.3 Å². The van der Waals surface area contributed by atoms with Crippen molar-refractivity contribution in [1.82, 2.24) is 0 Å². The molecule has 0 heterocycles. The highest BCUT2D eigenvalue weighted by Crippen LogP contribution is 2.36. The Morgan fingerprint density at radius 3 is 2.20 bits per heavy atom. The number of benzene rings is 2. The Morgan fingerprint density at radius 1 is 1.00 bits per heavy atom. The Labute approximate surface area is 135 Å². The van der Waals surface area contributed by atoms with Crippen molar-refractivity contribution in [3.63, 3.8) is 0 Å². The van der Waals surface area contributed by atoms with Crippen molar-refractivity contribution >= 4 is 58.0 Å². The molecule has 0 fully saturated rings. The van der Waals surface area contributed by atoms with Gasteiger partial charge in [-0.05, 0) is 24.3 Å². The van der Waals surface area contributed by atoms with E-state index < -0.39 is 5.91 Å². The lowest BCUT2D eigenvalue weighted by Crippen LogP contribution is -2.13. The smallest absolute Gasteiger partial charge is 0.258 e. The average molecular weight is 351 g/mol. The molecule has 0 saturated carbocycles. The van der Waals surface area contributed by atoms with Crippen LogP contribution < -0.4 is 5.32 Å². The second-order valence-corrected chi connectivity index (χ2v) is 5.49. The van der Waals surface area contributed by atoms with E-state index in [-0.39, 0.29) is 37.1 Å². The second kappa shape index (κ2) is 6.10. The quantitative estimate of drug-likeness (QED) is 0.726. The van der Waals surface area contributed by atoms with E-state index in [0.29, 0.717) is 0 Å². The van der Waals surface area contributed by atoms with Crippen LogP contribution >= 0.6 is 46.4 Å². The minimum absolute atomic E-state index is 0.0260. The van der Waals surface area contributed by atoms with Gasteiger partial charge in [0.05, 0.1) is 26.3 Å². The van der Waals surface area contributed by atoms with E-state index in [9.17, 15) is 9.90 Å². The second-order valence-electron chi connectivity index (χ2n) is 3.83.